The molecular formula is C18H32O16. The van der Waals surface area contributed by atoms with Crippen molar-refractivity contribution in [3.63, 3.8) is 0 Å². The van der Waals surface area contributed by atoms with Crippen molar-refractivity contribution in [3.05, 3.63) is 0 Å². The van der Waals surface area contributed by atoms with E-state index in [1.807, 2.05) is 0 Å². The Kier molecular flexibility index (Phi) is 9.54. The van der Waals surface area contributed by atoms with E-state index >= 15 is 0 Å². The van der Waals surface area contributed by atoms with E-state index < -0.39 is 112 Å². The molecule has 0 amide bonds. The molecule has 0 aromatic rings. The van der Waals surface area contributed by atoms with Gasteiger partial charge in [0.25, 0.3) is 0 Å². The second-order valence-corrected chi connectivity index (χ2v) is 8.42. The molecule has 16 heteroatoms. The summed E-state index contributed by atoms with van der Waals surface area (Å²) in [4.78, 5) is 0. The Bertz CT molecular complexity index is 639. The van der Waals surface area contributed by atoms with Crippen LogP contribution in [0.15, 0.2) is 0 Å². The first-order valence-corrected chi connectivity index (χ1v) is 10.6. The highest BCUT2D eigenvalue weighted by atomic mass is 16.7. The van der Waals surface area contributed by atoms with Gasteiger partial charge in [0, 0.05) is 0 Å². The van der Waals surface area contributed by atoms with E-state index in [2.05, 4.69) is 0 Å². The summed E-state index contributed by atoms with van der Waals surface area (Å²) in [6.07, 6.45) is -24.4. The maximum atomic E-state index is 10.2. The van der Waals surface area contributed by atoms with E-state index in [-0.39, 0.29) is 0 Å². The van der Waals surface area contributed by atoms with Crippen molar-refractivity contribution in [2.75, 3.05) is 19.8 Å². The molecule has 200 valence electrons. The SMILES string of the molecule is OC[C@H]1O[C@@H](OC[C@H]2O[C@H](OC[C@H]3O[C@H](O)[C@H](O)[C@@H](O)[C@H]3O)[C@H](O)[C@@H](O)[C@H]2O)[C@H](O)[C@@H](O)[C@@H]1O. The fourth-order valence-corrected chi connectivity index (χ4v) is 3.84. The van der Waals surface area contributed by atoms with Crippen LogP contribution in [0.25, 0.3) is 0 Å². The molecule has 16 nitrogen and oxygen atoms in total. The van der Waals surface area contributed by atoms with Crippen LogP contribution in [0.2, 0.25) is 0 Å². The van der Waals surface area contributed by atoms with E-state index in [4.69, 9.17) is 23.7 Å². The fourth-order valence-electron chi connectivity index (χ4n) is 3.84. The van der Waals surface area contributed by atoms with Gasteiger partial charge in [0.1, 0.15) is 73.2 Å². The molecule has 3 heterocycles. The van der Waals surface area contributed by atoms with Gasteiger partial charge in [-0.25, -0.2) is 0 Å². The molecule has 0 aromatic carbocycles. The quantitative estimate of drug-likeness (QED) is 0.154. The fraction of sp³-hybridized carbons (Fsp3) is 1.00. The topological polar surface area (TPSA) is 269 Å². The van der Waals surface area contributed by atoms with E-state index in [1.54, 1.807) is 0 Å². The van der Waals surface area contributed by atoms with Crippen LogP contribution in [0.5, 0.6) is 0 Å². The smallest absolute Gasteiger partial charge is 0.186 e. The third kappa shape index (κ3) is 5.68. The lowest BCUT2D eigenvalue weighted by atomic mass is 9.98. The Morgan fingerprint density at radius 2 is 0.824 bits per heavy atom. The van der Waals surface area contributed by atoms with Crippen LogP contribution in [0, 0.1) is 0 Å². The number of hydrogen-bond donors (Lipinski definition) is 11. The molecule has 15 atom stereocenters. The lowest BCUT2D eigenvalue weighted by Gasteiger charge is -2.43. The maximum Gasteiger partial charge on any atom is 0.186 e. The zero-order valence-electron chi connectivity index (χ0n) is 17.7. The van der Waals surface area contributed by atoms with Crippen LogP contribution in [0.4, 0.5) is 0 Å². The minimum absolute atomic E-state index is 0.570. The average Bonchev–Trinajstić information content (AvgIpc) is 2.82. The Morgan fingerprint density at radius 3 is 1.29 bits per heavy atom. The molecule has 0 spiro atoms. The molecule has 0 aliphatic carbocycles. The van der Waals surface area contributed by atoms with Gasteiger partial charge in [0.2, 0.25) is 0 Å². The van der Waals surface area contributed by atoms with Crippen molar-refractivity contribution in [2.24, 2.45) is 0 Å². The van der Waals surface area contributed by atoms with Crippen molar-refractivity contribution in [1.82, 2.24) is 0 Å². The second kappa shape index (κ2) is 11.6. The van der Waals surface area contributed by atoms with Gasteiger partial charge < -0.3 is 79.9 Å². The van der Waals surface area contributed by atoms with Gasteiger partial charge in [-0.15, -0.1) is 0 Å². The molecule has 0 aromatic heterocycles. The average molecular weight is 504 g/mol. The molecule has 3 rings (SSSR count). The first-order chi connectivity index (χ1) is 16.0. The summed E-state index contributed by atoms with van der Waals surface area (Å²) < 4.78 is 26.1. The summed E-state index contributed by atoms with van der Waals surface area (Å²) >= 11 is 0. The number of aliphatic hydroxyl groups excluding tert-OH is 11. The first kappa shape index (κ1) is 27.9. The molecule has 0 saturated carbocycles. The van der Waals surface area contributed by atoms with Crippen LogP contribution < -0.4 is 0 Å². The predicted molar refractivity (Wildman–Crippen MR) is 101 cm³/mol. The van der Waals surface area contributed by atoms with Crippen LogP contribution in [0.1, 0.15) is 0 Å². The van der Waals surface area contributed by atoms with Crippen LogP contribution in [-0.2, 0) is 23.7 Å². The zero-order valence-corrected chi connectivity index (χ0v) is 17.7. The van der Waals surface area contributed by atoms with Gasteiger partial charge in [0.15, 0.2) is 18.9 Å². The minimum atomic E-state index is -1.82. The predicted octanol–water partition coefficient (Wildman–Crippen LogP) is -7.57. The molecule has 3 fully saturated rings. The number of rotatable bonds is 7. The van der Waals surface area contributed by atoms with Crippen LogP contribution in [-0.4, -0.2) is 168 Å². The summed E-state index contributed by atoms with van der Waals surface area (Å²) in [6, 6.07) is 0. The highest BCUT2D eigenvalue weighted by Crippen LogP contribution is 2.27. The molecule has 3 saturated heterocycles. The summed E-state index contributed by atoms with van der Waals surface area (Å²) in [7, 11) is 0. The highest BCUT2D eigenvalue weighted by Gasteiger charge is 2.48. The van der Waals surface area contributed by atoms with E-state index in [9.17, 15) is 56.2 Å². The highest BCUT2D eigenvalue weighted by molar-refractivity contribution is 4.92. The molecule has 34 heavy (non-hydrogen) atoms. The van der Waals surface area contributed by atoms with Crippen molar-refractivity contribution >= 4 is 0 Å². The third-order valence-electron chi connectivity index (χ3n) is 6.05. The standard InChI is InChI=1S/C18H32O16/c19-1-4-7(20)11(24)14(27)17(33-4)31-3-6-9(22)12(25)15(28)18(34-6)30-2-5-8(21)10(23)13(26)16(29)32-5/h4-29H,1-3H2/t4-,5-,6-,7-,8+,9+,10+,11+,12+,13-,14-,15-,16+,17-,18+/m1/s1. The van der Waals surface area contributed by atoms with Crippen LogP contribution >= 0.6 is 0 Å². The first-order valence-electron chi connectivity index (χ1n) is 10.6. The number of ether oxygens (including phenoxy) is 5. The van der Waals surface area contributed by atoms with Gasteiger partial charge in [-0.3, -0.25) is 0 Å². The number of hydrogen-bond acceptors (Lipinski definition) is 16. The Hall–Kier alpha value is -0.640. The Balaban J connectivity index is 1.58. The summed E-state index contributed by atoms with van der Waals surface area (Å²) in [6.45, 7) is -1.84. The lowest BCUT2D eigenvalue weighted by Crippen LogP contribution is -2.62. The monoisotopic (exact) mass is 504 g/mol. The van der Waals surface area contributed by atoms with Gasteiger partial charge >= 0.3 is 0 Å². The molecular weight excluding hydrogens is 472 g/mol. The second-order valence-electron chi connectivity index (χ2n) is 8.42. The van der Waals surface area contributed by atoms with E-state index in [1.165, 1.54) is 0 Å². The summed E-state index contributed by atoms with van der Waals surface area (Å²) in [5.74, 6) is 0. The minimum Gasteiger partial charge on any atom is -0.394 e. The lowest BCUT2D eigenvalue weighted by molar-refractivity contribution is -0.340. The summed E-state index contributed by atoms with van der Waals surface area (Å²) in [5.41, 5.74) is 0. The summed E-state index contributed by atoms with van der Waals surface area (Å²) in [5, 5.41) is 108. The molecule has 0 bridgehead atoms. The van der Waals surface area contributed by atoms with E-state index in [0.717, 1.165) is 0 Å². The Morgan fingerprint density at radius 1 is 0.441 bits per heavy atom. The Labute approximate surface area is 192 Å². The van der Waals surface area contributed by atoms with Gasteiger partial charge in [-0.1, -0.05) is 0 Å². The van der Waals surface area contributed by atoms with Crippen molar-refractivity contribution in [2.45, 2.75) is 92.1 Å². The molecule has 0 radical (unpaired) electrons. The van der Waals surface area contributed by atoms with Gasteiger partial charge in [-0.2, -0.15) is 0 Å². The van der Waals surface area contributed by atoms with Crippen molar-refractivity contribution < 1.29 is 79.9 Å². The normalized spacial score (nSPS) is 52.5. The van der Waals surface area contributed by atoms with Crippen molar-refractivity contribution in [1.29, 1.82) is 0 Å². The van der Waals surface area contributed by atoms with Crippen LogP contribution in [0.3, 0.4) is 0 Å². The maximum absolute atomic E-state index is 10.2. The zero-order chi connectivity index (χ0) is 25.3. The largest absolute Gasteiger partial charge is 0.394 e. The molecule has 3 aliphatic heterocycles. The number of aliphatic hydroxyl groups is 11. The van der Waals surface area contributed by atoms with Crippen molar-refractivity contribution in [3.8, 4) is 0 Å². The van der Waals surface area contributed by atoms with Gasteiger partial charge in [0.05, 0.1) is 19.8 Å². The third-order valence-corrected chi connectivity index (χ3v) is 6.05. The van der Waals surface area contributed by atoms with Gasteiger partial charge in [-0.05, 0) is 0 Å². The molecule has 0 unspecified atom stereocenters. The molecule has 11 N–H and O–H groups in total. The molecule has 3 aliphatic rings. The van der Waals surface area contributed by atoms with E-state index in [0.29, 0.717) is 0 Å².